The molecular weight excluding hydrogens is 276 g/mol. The van der Waals surface area contributed by atoms with E-state index in [9.17, 15) is 0 Å². The lowest BCUT2D eigenvalue weighted by molar-refractivity contribution is 0.318. The molecule has 0 aliphatic heterocycles. The van der Waals surface area contributed by atoms with Gasteiger partial charge in [0.2, 0.25) is 0 Å². The third kappa shape index (κ3) is 2.76. The molecule has 2 N–H and O–H groups in total. The molecule has 0 radical (unpaired) electrons. The summed E-state index contributed by atoms with van der Waals surface area (Å²) in [7, 11) is 0. The van der Waals surface area contributed by atoms with E-state index in [0.717, 1.165) is 28.2 Å². The minimum Gasteiger partial charge on any atom is -0.398 e. The predicted molar refractivity (Wildman–Crippen MR) is 78.5 cm³/mol. The monoisotopic (exact) mass is 296 g/mol. The van der Waals surface area contributed by atoms with Gasteiger partial charge in [-0.15, -0.1) is 0 Å². The summed E-state index contributed by atoms with van der Waals surface area (Å²) < 4.78 is 1.11. The number of hydrogen-bond donors (Lipinski definition) is 1. The van der Waals surface area contributed by atoms with Gasteiger partial charge in [-0.2, -0.15) is 0 Å². The van der Waals surface area contributed by atoms with Crippen molar-refractivity contribution >= 4 is 27.3 Å². The van der Waals surface area contributed by atoms with E-state index in [0.29, 0.717) is 0 Å². The van der Waals surface area contributed by atoms with Gasteiger partial charge in [-0.05, 0) is 66.2 Å². The molecule has 94 valence electrons. The molecule has 0 atom stereocenters. The topological polar surface area (TPSA) is 29.3 Å². The minimum atomic E-state index is 0.861. The number of anilines is 2. The second kappa shape index (κ2) is 5.30. The first-order valence-electron chi connectivity index (χ1n) is 6.42. The molecule has 2 nitrogen and oxygen atoms in total. The van der Waals surface area contributed by atoms with E-state index < -0.39 is 0 Å². The highest BCUT2D eigenvalue weighted by atomic mass is 79.9. The number of halogens is 1. The summed E-state index contributed by atoms with van der Waals surface area (Å²) in [6, 6.07) is 4.22. The van der Waals surface area contributed by atoms with Crippen LogP contribution in [0.4, 0.5) is 11.4 Å². The number of benzene rings is 1. The van der Waals surface area contributed by atoms with Gasteiger partial charge in [0.1, 0.15) is 0 Å². The lowest BCUT2D eigenvalue weighted by Crippen LogP contribution is -2.32. The van der Waals surface area contributed by atoms with Gasteiger partial charge in [-0.25, -0.2) is 0 Å². The Balaban J connectivity index is 2.19. The molecule has 0 heterocycles. The number of nitrogens with two attached hydrogens (primary N) is 1. The molecular formula is C14H21BrN2. The SMILES string of the molecule is CCN(CC1CCC1)c1cc(C)c(N)cc1Br. The van der Waals surface area contributed by atoms with Gasteiger partial charge >= 0.3 is 0 Å². The molecule has 1 aromatic rings. The van der Waals surface area contributed by atoms with Gasteiger partial charge in [-0.1, -0.05) is 6.42 Å². The highest BCUT2D eigenvalue weighted by Crippen LogP contribution is 2.34. The predicted octanol–water partition coefficient (Wildman–Crippen LogP) is 3.97. The van der Waals surface area contributed by atoms with Crippen molar-refractivity contribution in [1.29, 1.82) is 0 Å². The summed E-state index contributed by atoms with van der Waals surface area (Å²) in [5.41, 5.74) is 9.23. The van der Waals surface area contributed by atoms with E-state index in [4.69, 9.17) is 5.73 Å². The molecule has 0 bridgehead atoms. The molecule has 1 saturated carbocycles. The minimum absolute atomic E-state index is 0.861. The Morgan fingerprint density at radius 1 is 1.41 bits per heavy atom. The number of hydrogen-bond acceptors (Lipinski definition) is 2. The van der Waals surface area contributed by atoms with E-state index in [1.54, 1.807) is 0 Å². The first-order valence-corrected chi connectivity index (χ1v) is 7.21. The maximum absolute atomic E-state index is 5.92. The maximum Gasteiger partial charge on any atom is 0.0514 e. The fraction of sp³-hybridized carbons (Fsp3) is 0.571. The smallest absolute Gasteiger partial charge is 0.0514 e. The second-order valence-corrected chi connectivity index (χ2v) is 5.85. The van der Waals surface area contributed by atoms with E-state index in [1.165, 1.54) is 31.5 Å². The quantitative estimate of drug-likeness (QED) is 0.852. The van der Waals surface area contributed by atoms with Crippen LogP contribution in [0.5, 0.6) is 0 Å². The van der Waals surface area contributed by atoms with Crippen molar-refractivity contribution in [3.8, 4) is 0 Å². The van der Waals surface area contributed by atoms with Crippen LogP contribution in [0, 0.1) is 12.8 Å². The van der Waals surface area contributed by atoms with Crippen molar-refractivity contribution in [3.05, 3.63) is 22.2 Å². The van der Waals surface area contributed by atoms with Gasteiger partial charge < -0.3 is 10.6 Å². The summed E-state index contributed by atoms with van der Waals surface area (Å²) in [6.45, 7) is 6.52. The van der Waals surface area contributed by atoms with E-state index in [-0.39, 0.29) is 0 Å². The fourth-order valence-corrected chi connectivity index (χ4v) is 2.92. The highest BCUT2D eigenvalue weighted by Gasteiger charge is 2.21. The lowest BCUT2D eigenvalue weighted by Gasteiger charge is -2.34. The number of nitrogens with zero attached hydrogens (tertiary/aromatic N) is 1. The second-order valence-electron chi connectivity index (χ2n) is 5.00. The Morgan fingerprint density at radius 3 is 2.65 bits per heavy atom. The van der Waals surface area contributed by atoms with Gasteiger partial charge in [0.25, 0.3) is 0 Å². The standard InChI is InChI=1S/C14H21BrN2/c1-3-17(9-11-5-4-6-11)14-7-10(2)13(16)8-12(14)15/h7-8,11H,3-6,9,16H2,1-2H3. The van der Waals surface area contributed by atoms with Gasteiger partial charge in [-0.3, -0.25) is 0 Å². The van der Waals surface area contributed by atoms with Gasteiger partial charge in [0.15, 0.2) is 0 Å². The fourth-order valence-electron chi connectivity index (χ4n) is 2.31. The third-order valence-electron chi connectivity index (χ3n) is 3.76. The molecule has 1 aliphatic rings. The molecule has 0 saturated heterocycles. The zero-order valence-corrected chi connectivity index (χ0v) is 12.3. The first-order chi connectivity index (χ1) is 8.11. The van der Waals surface area contributed by atoms with Crippen LogP contribution >= 0.6 is 15.9 Å². The molecule has 0 aromatic heterocycles. The van der Waals surface area contributed by atoms with Crippen LogP contribution < -0.4 is 10.6 Å². The Bertz CT molecular complexity index is 399. The molecule has 0 unspecified atom stereocenters. The van der Waals surface area contributed by atoms with Crippen molar-refractivity contribution in [3.63, 3.8) is 0 Å². The molecule has 17 heavy (non-hydrogen) atoms. The molecule has 0 spiro atoms. The Morgan fingerprint density at radius 2 is 2.12 bits per heavy atom. The van der Waals surface area contributed by atoms with Crippen molar-refractivity contribution in [2.75, 3.05) is 23.7 Å². The molecule has 1 fully saturated rings. The summed E-state index contributed by atoms with van der Waals surface area (Å²) in [6.07, 6.45) is 4.19. The normalized spacial score (nSPS) is 15.7. The molecule has 3 heteroatoms. The van der Waals surface area contributed by atoms with Crippen molar-refractivity contribution in [2.24, 2.45) is 5.92 Å². The summed E-state index contributed by atoms with van der Waals surface area (Å²) in [5, 5.41) is 0. The van der Waals surface area contributed by atoms with Crippen LogP contribution in [-0.2, 0) is 0 Å². The third-order valence-corrected chi connectivity index (χ3v) is 4.40. The summed E-state index contributed by atoms with van der Waals surface area (Å²) >= 11 is 3.63. The van der Waals surface area contributed by atoms with Crippen molar-refractivity contribution < 1.29 is 0 Å². The molecule has 1 aromatic carbocycles. The van der Waals surface area contributed by atoms with Crippen molar-refractivity contribution in [1.82, 2.24) is 0 Å². The van der Waals surface area contributed by atoms with Crippen LogP contribution in [0.15, 0.2) is 16.6 Å². The average Bonchev–Trinajstić information content (AvgIpc) is 2.23. The molecule has 2 rings (SSSR count). The number of nitrogen functional groups attached to an aromatic ring is 1. The van der Waals surface area contributed by atoms with E-state index >= 15 is 0 Å². The van der Waals surface area contributed by atoms with Gasteiger partial charge in [0.05, 0.1) is 5.69 Å². The largest absolute Gasteiger partial charge is 0.398 e. The Hall–Kier alpha value is -0.700. The first kappa shape index (κ1) is 12.7. The Labute approximate surface area is 112 Å². The van der Waals surface area contributed by atoms with Crippen molar-refractivity contribution in [2.45, 2.75) is 33.1 Å². The average molecular weight is 297 g/mol. The van der Waals surface area contributed by atoms with Crippen LogP contribution in [0.2, 0.25) is 0 Å². The summed E-state index contributed by atoms with van der Waals surface area (Å²) in [4.78, 5) is 2.46. The highest BCUT2D eigenvalue weighted by molar-refractivity contribution is 9.10. The lowest BCUT2D eigenvalue weighted by atomic mass is 9.85. The Kier molecular flexibility index (Phi) is 3.97. The zero-order chi connectivity index (χ0) is 12.4. The zero-order valence-electron chi connectivity index (χ0n) is 10.7. The van der Waals surface area contributed by atoms with Gasteiger partial charge in [0, 0.05) is 23.2 Å². The van der Waals surface area contributed by atoms with E-state index in [2.05, 4.69) is 40.7 Å². The van der Waals surface area contributed by atoms with Crippen LogP contribution in [0.25, 0.3) is 0 Å². The number of rotatable bonds is 4. The van der Waals surface area contributed by atoms with Crippen LogP contribution in [0.3, 0.4) is 0 Å². The molecule has 1 aliphatic carbocycles. The van der Waals surface area contributed by atoms with Crippen LogP contribution in [0.1, 0.15) is 31.7 Å². The number of aryl methyl sites for hydroxylation is 1. The molecule has 0 amide bonds. The summed E-state index contributed by atoms with van der Waals surface area (Å²) in [5.74, 6) is 0.889. The van der Waals surface area contributed by atoms with E-state index in [1.807, 2.05) is 6.07 Å². The van der Waals surface area contributed by atoms with Crippen LogP contribution in [-0.4, -0.2) is 13.1 Å². The maximum atomic E-state index is 5.92.